The molecule has 102 valence electrons. The van der Waals surface area contributed by atoms with Crippen LogP contribution in [0.2, 0.25) is 0 Å². The molecule has 1 atom stereocenters. The molecule has 1 unspecified atom stereocenters. The Labute approximate surface area is 111 Å². The van der Waals surface area contributed by atoms with Gasteiger partial charge in [-0.05, 0) is 19.3 Å². The molecule has 1 saturated heterocycles. The molecule has 0 saturated carbocycles. The third-order valence-electron chi connectivity index (χ3n) is 3.71. The molecule has 0 aromatic heterocycles. The number of hydrogen-bond donors (Lipinski definition) is 0. The summed E-state index contributed by atoms with van der Waals surface area (Å²) in [5.41, 5.74) is -0.847. The summed E-state index contributed by atoms with van der Waals surface area (Å²) in [4.78, 5) is 16.5. The Bertz CT molecular complexity index is 326. The smallest absolute Gasteiger partial charge is 0.242 e. The fourth-order valence-electron chi connectivity index (χ4n) is 2.28. The van der Waals surface area contributed by atoms with E-state index in [4.69, 9.17) is 5.26 Å². The summed E-state index contributed by atoms with van der Waals surface area (Å²) in [6, 6.07) is 2.16. The molecule has 1 amide bonds. The van der Waals surface area contributed by atoms with Gasteiger partial charge in [-0.15, -0.1) is 0 Å². The Kier molecular flexibility index (Phi) is 5.15. The first-order valence-electron chi connectivity index (χ1n) is 6.86. The molecule has 1 fully saturated rings. The summed E-state index contributed by atoms with van der Waals surface area (Å²) in [6.45, 7) is 12.5. The van der Waals surface area contributed by atoms with Crippen LogP contribution in [0.3, 0.4) is 0 Å². The van der Waals surface area contributed by atoms with Crippen LogP contribution in [0.15, 0.2) is 0 Å². The number of carbonyl (C=O) groups excluding carboxylic acids is 1. The van der Waals surface area contributed by atoms with Crippen LogP contribution in [0.4, 0.5) is 0 Å². The van der Waals surface area contributed by atoms with Gasteiger partial charge in [-0.1, -0.05) is 20.8 Å². The lowest BCUT2D eigenvalue weighted by molar-refractivity contribution is -0.140. The van der Waals surface area contributed by atoms with Gasteiger partial charge in [-0.25, -0.2) is 0 Å². The first kappa shape index (κ1) is 15.0. The van der Waals surface area contributed by atoms with Crippen LogP contribution < -0.4 is 0 Å². The summed E-state index contributed by atoms with van der Waals surface area (Å²) < 4.78 is 0. The summed E-state index contributed by atoms with van der Waals surface area (Å²) in [7, 11) is 0. The second-order valence-corrected chi connectivity index (χ2v) is 5.78. The van der Waals surface area contributed by atoms with Gasteiger partial charge < -0.3 is 4.90 Å². The Morgan fingerprint density at radius 3 is 2.28 bits per heavy atom. The van der Waals surface area contributed by atoms with Crippen LogP contribution >= 0.6 is 0 Å². The number of amides is 1. The molecule has 1 aliphatic rings. The zero-order valence-corrected chi connectivity index (χ0v) is 12.1. The van der Waals surface area contributed by atoms with Crippen LogP contribution in [-0.2, 0) is 4.79 Å². The normalized spacial score (nSPS) is 20.6. The van der Waals surface area contributed by atoms with E-state index in [9.17, 15) is 4.79 Å². The molecular formula is C14H25N3O. The molecule has 0 N–H and O–H groups in total. The minimum Gasteiger partial charge on any atom is -0.339 e. The summed E-state index contributed by atoms with van der Waals surface area (Å²) in [5.74, 6) is 0.656. The lowest BCUT2D eigenvalue weighted by Crippen LogP contribution is -2.52. The number of nitrogens with zero attached hydrogens (tertiary/aromatic N) is 3. The SMILES string of the molecule is CCC(C)(C#N)C(=O)N1CCN(CC(C)C)CC1. The Morgan fingerprint density at radius 1 is 1.33 bits per heavy atom. The minimum atomic E-state index is -0.847. The fraction of sp³-hybridized carbons (Fsp3) is 0.857. The Hall–Kier alpha value is -1.08. The third kappa shape index (κ3) is 3.46. The van der Waals surface area contributed by atoms with Crippen LogP contribution in [0.1, 0.15) is 34.1 Å². The van der Waals surface area contributed by atoms with Crippen LogP contribution in [0.25, 0.3) is 0 Å². The van der Waals surface area contributed by atoms with Gasteiger partial charge >= 0.3 is 0 Å². The molecule has 1 heterocycles. The van der Waals surface area contributed by atoms with Gasteiger partial charge in [0.15, 0.2) is 0 Å². The molecule has 0 aromatic rings. The first-order chi connectivity index (χ1) is 8.42. The van der Waals surface area contributed by atoms with Crippen molar-refractivity contribution in [3.05, 3.63) is 0 Å². The molecule has 1 aliphatic heterocycles. The molecule has 0 aromatic carbocycles. The van der Waals surface area contributed by atoms with E-state index in [1.807, 2.05) is 11.8 Å². The lowest BCUT2D eigenvalue weighted by atomic mass is 9.87. The topological polar surface area (TPSA) is 47.3 Å². The van der Waals surface area contributed by atoms with Crippen molar-refractivity contribution in [2.24, 2.45) is 11.3 Å². The van der Waals surface area contributed by atoms with E-state index in [-0.39, 0.29) is 5.91 Å². The maximum absolute atomic E-state index is 12.3. The van der Waals surface area contributed by atoms with Crippen molar-refractivity contribution in [1.82, 2.24) is 9.80 Å². The number of hydrogen-bond acceptors (Lipinski definition) is 3. The number of piperazine rings is 1. The molecule has 0 radical (unpaired) electrons. The van der Waals surface area contributed by atoms with Crippen LogP contribution in [-0.4, -0.2) is 48.4 Å². The van der Waals surface area contributed by atoms with Gasteiger partial charge in [-0.3, -0.25) is 9.69 Å². The van der Waals surface area contributed by atoms with Crippen LogP contribution in [0.5, 0.6) is 0 Å². The van der Waals surface area contributed by atoms with E-state index >= 15 is 0 Å². The maximum Gasteiger partial charge on any atom is 0.242 e. The largest absolute Gasteiger partial charge is 0.339 e. The van der Waals surface area contributed by atoms with E-state index in [0.717, 1.165) is 32.7 Å². The molecule has 18 heavy (non-hydrogen) atoms. The molecular weight excluding hydrogens is 226 g/mol. The van der Waals surface area contributed by atoms with Gasteiger partial charge in [0.1, 0.15) is 5.41 Å². The molecule has 4 heteroatoms. The van der Waals surface area contributed by atoms with Crippen molar-refractivity contribution < 1.29 is 4.79 Å². The summed E-state index contributed by atoms with van der Waals surface area (Å²) in [6.07, 6.45) is 0.578. The fourth-order valence-corrected chi connectivity index (χ4v) is 2.28. The second-order valence-electron chi connectivity index (χ2n) is 5.78. The minimum absolute atomic E-state index is 0.00306. The highest BCUT2D eigenvalue weighted by Gasteiger charge is 2.36. The van der Waals surface area contributed by atoms with Gasteiger partial charge in [0.05, 0.1) is 6.07 Å². The monoisotopic (exact) mass is 251 g/mol. The van der Waals surface area contributed by atoms with E-state index in [1.165, 1.54) is 0 Å². The summed E-state index contributed by atoms with van der Waals surface area (Å²) >= 11 is 0. The molecule has 4 nitrogen and oxygen atoms in total. The van der Waals surface area contributed by atoms with Gasteiger partial charge in [0.2, 0.25) is 5.91 Å². The highest BCUT2D eigenvalue weighted by Crippen LogP contribution is 2.23. The van der Waals surface area contributed by atoms with Gasteiger partial charge in [-0.2, -0.15) is 5.26 Å². The third-order valence-corrected chi connectivity index (χ3v) is 3.71. The average molecular weight is 251 g/mol. The van der Waals surface area contributed by atoms with Crippen molar-refractivity contribution in [2.45, 2.75) is 34.1 Å². The molecule has 0 spiro atoms. The second kappa shape index (κ2) is 6.19. The van der Waals surface area contributed by atoms with Crippen molar-refractivity contribution in [3.8, 4) is 6.07 Å². The van der Waals surface area contributed by atoms with Crippen LogP contribution in [0, 0.1) is 22.7 Å². The zero-order chi connectivity index (χ0) is 13.8. The van der Waals surface area contributed by atoms with Crippen molar-refractivity contribution in [1.29, 1.82) is 5.26 Å². The van der Waals surface area contributed by atoms with E-state index in [0.29, 0.717) is 12.3 Å². The number of carbonyl (C=O) groups is 1. The number of nitriles is 1. The van der Waals surface area contributed by atoms with Crippen molar-refractivity contribution in [3.63, 3.8) is 0 Å². The predicted octanol–water partition coefficient (Wildman–Crippen LogP) is 1.73. The number of rotatable bonds is 4. The van der Waals surface area contributed by atoms with E-state index < -0.39 is 5.41 Å². The van der Waals surface area contributed by atoms with E-state index in [1.54, 1.807) is 6.92 Å². The first-order valence-corrected chi connectivity index (χ1v) is 6.86. The standard InChI is InChI=1S/C14H25N3O/c1-5-14(4,11-15)13(18)17-8-6-16(7-9-17)10-12(2)3/h12H,5-10H2,1-4H3. The van der Waals surface area contributed by atoms with Crippen molar-refractivity contribution >= 4 is 5.91 Å². The van der Waals surface area contributed by atoms with Gasteiger partial charge in [0.25, 0.3) is 0 Å². The van der Waals surface area contributed by atoms with E-state index in [2.05, 4.69) is 24.8 Å². The van der Waals surface area contributed by atoms with Crippen molar-refractivity contribution in [2.75, 3.05) is 32.7 Å². The quantitative estimate of drug-likeness (QED) is 0.764. The highest BCUT2D eigenvalue weighted by atomic mass is 16.2. The average Bonchev–Trinajstić information content (AvgIpc) is 2.37. The zero-order valence-electron chi connectivity index (χ0n) is 12.1. The van der Waals surface area contributed by atoms with Gasteiger partial charge in [0, 0.05) is 32.7 Å². The Balaban J connectivity index is 2.53. The molecule has 0 bridgehead atoms. The Morgan fingerprint density at radius 2 is 1.89 bits per heavy atom. The summed E-state index contributed by atoms with van der Waals surface area (Å²) in [5, 5.41) is 9.15. The maximum atomic E-state index is 12.3. The molecule has 1 rings (SSSR count). The predicted molar refractivity (Wildman–Crippen MR) is 71.9 cm³/mol. The molecule has 0 aliphatic carbocycles. The lowest BCUT2D eigenvalue weighted by Gasteiger charge is -2.38. The highest BCUT2D eigenvalue weighted by molar-refractivity contribution is 5.85.